The van der Waals surface area contributed by atoms with Crippen molar-refractivity contribution in [3.8, 4) is 17.0 Å². The molecule has 0 saturated heterocycles. The zero-order chi connectivity index (χ0) is 17.1. The molecular formula is C17H18N4O2S. The van der Waals surface area contributed by atoms with Crippen molar-refractivity contribution in [3.63, 3.8) is 0 Å². The van der Waals surface area contributed by atoms with E-state index in [0.29, 0.717) is 17.4 Å². The Morgan fingerprint density at radius 3 is 2.67 bits per heavy atom. The summed E-state index contributed by atoms with van der Waals surface area (Å²) in [4.78, 5) is 17.8. The topological polar surface area (TPSA) is 69.0 Å². The number of hydrogen-bond acceptors (Lipinski definition) is 5. The van der Waals surface area contributed by atoms with Crippen LogP contribution in [-0.2, 0) is 7.05 Å². The highest BCUT2D eigenvalue weighted by atomic mass is 32.1. The Morgan fingerprint density at radius 1 is 1.29 bits per heavy atom. The molecule has 1 aromatic carbocycles. The number of aryl methyl sites for hydroxylation is 2. The van der Waals surface area contributed by atoms with Crippen molar-refractivity contribution in [2.75, 3.05) is 11.9 Å². The van der Waals surface area contributed by atoms with Crippen LogP contribution in [0.5, 0.6) is 5.75 Å². The van der Waals surface area contributed by atoms with Gasteiger partial charge >= 0.3 is 0 Å². The summed E-state index contributed by atoms with van der Waals surface area (Å²) in [6.45, 7) is 4.58. The van der Waals surface area contributed by atoms with Gasteiger partial charge in [-0.1, -0.05) is 0 Å². The van der Waals surface area contributed by atoms with Gasteiger partial charge in [-0.25, -0.2) is 4.98 Å². The molecule has 0 fully saturated rings. The molecule has 0 bridgehead atoms. The number of carbonyl (C=O) groups is 1. The van der Waals surface area contributed by atoms with Crippen molar-refractivity contribution in [3.05, 3.63) is 47.1 Å². The van der Waals surface area contributed by atoms with Gasteiger partial charge in [0.2, 0.25) is 0 Å². The highest BCUT2D eigenvalue weighted by Crippen LogP contribution is 2.31. The van der Waals surface area contributed by atoms with Gasteiger partial charge < -0.3 is 4.74 Å². The molecule has 124 valence electrons. The minimum absolute atomic E-state index is 0.220. The number of benzene rings is 1. The van der Waals surface area contributed by atoms with E-state index in [-0.39, 0.29) is 5.91 Å². The van der Waals surface area contributed by atoms with Crippen LogP contribution in [0.1, 0.15) is 22.3 Å². The highest BCUT2D eigenvalue weighted by molar-refractivity contribution is 7.16. The number of nitrogens with one attached hydrogen (secondary N) is 1. The minimum atomic E-state index is -0.220. The Morgan fingerprint density at radius 2 is 2.04 bits per heavy atom. The SMILES string of the molecule is CCOc1ccc(-c2nc(NC(=O)c3ccnn3C)sc2C)cc1. The fraction of sp³-hybridized carbons (Fsp3) is 0.235. The normalized spacial score (nSPS) is 10.6. The van der Waals surface area contributed by atoms with Crippen molar-refractivity contribution in [2.24, 2.45) is 7.05 Å². The van der Waals surface area contributed by atoms with Crippen molar-refractivity contribution < 1.29 is 9.53 Å². The lowest BCUT2D eigenvalue weighted by molar-refractivity contribution is 0.101. The molecule has 0 unspecified atom stereocenters. The zero-order valence-electron chi connectivity index (χ0n) is 13.7. The predicted octanol–water partition coefficient (Wildman–Crippen LogP) is 3.50. The molecule has 0 radical (unpaired) electrons. The van der Waals surface area contributed by atoms with Gasteiger partial charge in [-0.3, -0.25) is 14.8 Å². The smallest absolute Gasteiger partial charge is 0.275 e. The minimum Gasteiger partial charge on any atom is -0.494 e. The van der Waals surface area contributed by atoms with Crippen molar-refractivity contribution >= 4 is 22.4 Å². The van der Waals surface area contributed by atoms with Gasteiger partial charge in [-0.05, 0) is 44.2 Å². The van der Waals surface area contributed by atoms with Crippen LogP contribution in [-0.4, -0.2) is 27.3 Å². The van der Waals surface area contributed by atoms with E-state index in [2.05, 4.69) is 15.4 Å². The summed E-state index contributed by atoms with van der Waals surface area (Å²) in [7, 11) is 1.73. The van der Waals surface area contributed by atoms with Crippen LogP contribution < -0.4 is 10.1 Å². The van der Waals surface area contributed by atoms with Crippen LogP contribution in [0, 0.1) is 6.92 Å². The largest absolute Gasteiger partial charge is 0.494 e. The molecule has 0 aliphatic heterocycles. The average molecular weight is 342 g/mol. The molecule has 0 aliphatic carbocycles. The lowest BCUT2D eigenvalue weighted by Crippen LogP contribution is -2.15. The third-order valence-corrected chi connectivity index (χ3v) is 4.40. The number of amides is 1. The first kappa shape index (κ1) is 16.2. The third-order valence-electron chi connectivity index (χ3n) is 3.51. The standard InChI is InChI=1S/C17H18N4O2S/c1-4-23-13-7-5-12(6-8-13)15-11(2)24-17(19-15)20-16(22)14-9-10-18-21(14)3/h5-10H,4H2,1-3H3,(H,19,20,22). The van der Waals surface area contributed by atoms with Gasteiger partial charge in [0.15, 0.2) is 5.13 Å². The van der Waals surface area contributed by atoms with Gasteiger partial charge in [0.05, 0.1) is 12.3 Å². The summed E-state index contributed by atoms with van der Waals surface area (Å²) in [5.41, 5.74) is 2.35. The lowest BCUT2D eigenvalue weighted by Gasteiger charge is -2.04. The highest BCUT2D eigenvalue weighted by Gasteiger charge is 2.15. The molecule has 3 rings (SSSR count). The monoisotopic (exact) mass is 342 g/mol. The first-order valence-corrected chi connectivity index (χ1v) is 8.40. The van der Waals surface area contributed by atoms with Crippen molar-refractivity contribution in [1.82, 2.24) is 14.8 Å². The summed E-state index contributed by atoms with van der Waals surface area (Å²) in [5.74, 6) is 0.612. The molecule has 2 aromatic heterocycles. The molecule has 1 amide bonds. The predicted molar refractivity (Wildman–Crippen MR) is 94.6 cm³/mol. The number of anilines is 1. The van der Waals surface area contributed by atoms with Crippen LogP contribution in [0.3, 0.4) is 0 Å². The number of ether oxygens (including phenoxy) is 1. The fourth-order valence-corrected chi connectivity index (χ4v) is 3.18. The molecule has 0 spiro atoms. The number of aromatic nitrogens is 3. The van der Waals surface area contributed by atoms with Crippen LogP contribution in [0.2, 0.25) is 0 Å². The Hall–Kier alpha value is -2.67. The second-order valence-corrected chi connectivity index (χ2v) is 6.38. The molecule has 3 aromatic rings. The maximum Gasteiger partial charge on any atom is 0.275 e. The summed E-state index contributed by atoms with van der Waals surface area (Å²) >= 11 is 1.45. The third kappa shape index (κ3) is 3.30. The van der Waals surface area contributed by atoms with Crippen LogP contribution in [0.4, 0.5) is 5.13 Å². The van der Waals surface area contributed by atoms with E-state index < -0.39 is 0 Å². The Kier molecular flexibility index (Phi) is 4.61. The fourth-order valence-electron chi connectivity index (χ4n) is 2.35. The number of nitrogens with zero attached hydrogens (tertiary/aromatic N) is 3. The molecule has 1 N–H and O–H groups in total. The molecule has 0 atom stereocenters. The number of hydrogen-bond donors (Lipinski definition) is 1. The van der Waals surface area contributed by atoms with Gasteiger partial charge in [-0.15, -0.1) is 11.3 Å². The molecule has 6 nitrogen and oxygen atoms in total. The molecular weight excluding hydrogens is 324 g/mol. The first-order valence-electron chi connectivity index (χ1n) is 7.58. The van der Waals surface area contributed by atoms with E-state index in [0.717, 1.165) is 21.9 Å². The van der Waals surface area contributed by atoms with E-state index in [4.69, 9.17) is 4.74 Å². The van der Waals surface area contributed by atoms with Crippen molar-refractivity contribution in [1.29, 1.82) is 0 Å². The molecule has 24 heavy (non-hydrogen) atoms. The van der Waals surface area contributed by atoms with Crippen LogP contribution in [0.25, 0.3) is 11.3 Å². The maximum atomic E-state index is 12.2. The lowest BCUT2D eigenvalue weighted by atomic mass is 10.1. The van der Waals surface area contributed by atoms with E-state index >= 15 is 0 Å². The van der Waals surface area contributed by atoms with Crippen LogP contribution >= 0.6 is 11.3 Å². The Bertz CT molecular complexity index is 852. The zero-order valence-corrected chi connectivity index (χ0v) is 14.6. The van der Waals surface area contributed by atoms with E-state index in [1.165, 1.54) is 16.0 Å². The van der Waals surface area contributed by atoms with Crippen molar-refractivity contribution in [2.45, 2.75) is 13.8 Å². The van der Waals surface area contributed by atoms with Gasteiger partial charge in [0.25, 0.3) is 5.91 Å². The average Bonchev–Trinajstić information content (AvgIpc) is 3.14. The van der Waals surface area contributed by atoms with E-state index in [1.54, 1.807) is 19.3 Å². The Balaban J connectivity index is 1.80. The second-order valence-electron chi connectivity index (χ2n) is 5.18. The Labute approximate surface area is 144 Å². The van der Waals surface area contributed by atoms with Gasteiger partial charge in [0.1, 0.15) is 11.4 Å². The number of thiazole rings is 1. The molecule has 0 aliphatic rings. The summed E-state index contributed by atoms with van der Waals surface area (Å²) in [6.07, 6.45) is 1.59. The van der Waals surface area contributed by atoms with Gasteiger partial charge in [0, 0.05) is 23.7 Å². The maximum absolute atomic E-state index is 12.2. The first-order chi connectivity index (χ1) is 11.6. The van der Waals surface area contributed by atoms with Crippen LogP contribution in [0.15, 0.2) is 36.5 Å². The van der Waals surface area contributed by atoms with E-state index in [1.807, 2.05) is 38.1 Å². The quantitative estimate of drug-likeness (QED) is 0.770. The van der Waals surface area contributed by atoms with E-state index in [9.17, 15) is 4.79 Å². The molecule has 0 saturated carbocycles. The molecule has 7 heteroatoms. The number of carbonyl (C=O) groups excluding carboxylic acids is 1. The second kappa shape index (κ2) is 6.84. The van der Waals surface area contributed by atoms with Gasteiger partial charge in [-0.2, -0.15) is 5.10 Å². The summed E-state index contributed by atoms with van der Waals surface area (Å²) < 4.78 is 6.99. The number of rotatable bonds is 5. The molecule has 2 heterocycles. The summed E-state index contributed by atoms with van der Waals surface area (Å²) in [5, 5.41) is 7.40. The summed E-state index contributed by atoms with van der Waals surface area (Å²) in [6, 6.07) is 9.46.